The van der Waals surface area contributed by atoms with Gasteiger partial charge in [-0.1, -0.05) is 92.1 Å². The Morgan fingerprint density at radius 2 is 1.07 bits per heavy atom. The van der Waals surface area contributed by atoms with E-state index < -0.39 is 150 Å². The number of amides is 10. The number of nitrogens with one attached hydrogen (secondary N) is 10. The Hall–Kier alpha value is -7.86. The molecule has 0 aliphatic heterocycles. The molecule has 87 heavy (non-hydrogen) atoms. The third kappa shape index (κ3) is 27.6. The summed E-state index contributed by atoms with van der Waals surface area (Å²) in [6, 6.07) is -5.06. The maximum atomic E-state index is 14.5. The summed E-state index contributed by atoms with van der Waals surface area (Å²) < 4.78 is 0. The van der Waals surface area contributed by atoms with Crippen LogP contribution in [-0.2, 0) is 65.6 Å². The molecular weight excluding hydrogens is 1150 g/mol. The zero-order chi connectivity index (χ0) is 65.7. The van der Waals surface area contributed by atoms with Gasteiger partial charge < -0.3 is 86.0 Å². The molecule has 0 unspecified atom stereocenters. The van der Waals surface area contributed by atoms with Gasteiger partial charge in [-0.15, -0.1) is 0 Å². The van der Waals surface area contributed by atoms with Gasteiger partial charge in [0, 0.05) is 31.3 Å². The SMILES string of the molecule is CC[C@H](C)[C@H](NC(=O)[C@H](CC(N)=O)NC(=O)[C@@H](NC(=O)[C@H](Cc1cnc[nH]1)NC(=O)[C@H](CCCN=C(N)N)NC(=O)[C@@H](N)[C@@H](C)O)C(C)C)C(=O)N[C@@H](CC(C)C)C(=O)N[C@@H](CC(C)C)C(=O)N[C@@H](Cc1ccccc1)C(=O)N[C@@H](CCSC)C(=O)O. The van der Waals surface area contributed by atoms with Crippen LogP contribution >= 0.6 is 11.8 Å². The standard InChI is InChI=1S/C57H94N16O13S/c1-11-32(8)46(55(84)70-39(23-30(4)5)49(78)67-38(22-29(2)3)48(77)68-40(24-34-16-13-12-14-17-34)50(79)66-37(56(85)86)19-21-87-10)73-52(81)42(26-43(58)75)71-54(83)45(31(6)7)72-51(80)41(25-35-27-62-28-64-35)69-47(76)36(18-15-20-63-57(60)61)65-53(82)44(59)33(9)74/h12-14,16-17,27-33,36-42,44-46,74H,11,15,18-26,59H2,1-10H3,(H2,58,75)(H,62,64)(H,65,82)(H,66,79)(H,67,78)(H,68,77)(H,69,76)(H,70,84)(H,71,83)(H,72,80)(H,73,81)(H,85,86)(H4,60,61,63)/t32-,33+,36-,37-,38-,39-,40-,41-,42-,44-,45-,46-/m0/s1. The summed E-state index contributed by atoms with van der Waals surface area (Å²) in [4.78, 5) is 162. The lowest BCUT2D eigenvalue weighted by Crippen LogP contribution is -2.62. The molecule has 2 rings (SSSR count). The molecule has 12 atom stereocenters. The molecule has 30 heteroatoms. The van der Waals surface area contributed by atoms with E-state index in [1.807, 2.05) is 13.8 Å². The van der Waals surface area contributed by atoms with Crippen molar-refractivity contribution in [3.05, 3.63) is 54.1 Å². The number of carbonyl (C=O) groups is 11. The lowest BCUT2D eigenvalue weighted by molar-refractivity contribution is -0.142. The molecule has 486 valence electrons. The number of aromatic nitrogens is 2. The average molecular weight is 1240 g/mol. The minimum atomic E-state index is -1.73. The van der Waals surface area contributed by atoms with E-state index in [4.69, 9.17) is 22.9 Å². The van der Waals surface area contributed by atoms with E-state index in [0.717, 1.165) is 0 Å². The molecule has 2 aromatic rings. The summed E-state index contributed by atoms with van der Waals surface area (Å²) in [5.41, 5.74) is 23.4. The third-order valence-electron chi connectivity index (χ3n) is 13.9. The van der Waals surface area contributed by atoms with E-state index in [-0.39, 0.29) is 69.3 Å². The van der Waals surface area contributed by atoms with Crippen molar-refractivity contribution in [1.29, 1.82) is 0 Å². The van der Waals surface area contributed by atoms with Crippen molar-refractivity contribution in [2.75, 3.05) is 18.6 Å². The van der Waals surface area contributed by atoms with Crippen LogP contribution in [0.4, 0.5) is 0 Å². The highest BCUT2D eigenvalue weighted by Crippen LogP contribution is 2.16. The predicted octanol–water partition coefficient (Wildman–Crippen LogP) is -2.17. The lowest BCUT2D eigenvalue weighted by Gasteiger charge is -2.30. The third-order valence-corrected chi connectivity index (χ3v) is 14.6. The molecule has 1 aromatic heterocycles. The Kier molecular flexibility index (Phi) is 33.1. The second-order valence-corrected chi connectivity index (χ2v) is 23.8. The van der Waals surface area contributed by atoms with E-state index in [1.165, 1.54) is 31.2 Å². The van der Waals surface area contributed by atoms with Crippen LogP contribution in [0.3, 0.4) is 0 Å². The van der Waals surface area contributed by atoms with E-state index in [0.29, 0.717) is 23.4 Å². The van der Waals surface area contributed by atoms with Gasteiger partial charge >= 0.3 is 5.97 Å². The fourth-order valence-electron chi connectivity index (χ4n) is 8.81. The Bertz CT molecular complexity index is 2610. The highest BCUT2D eigenvalue weighted by atomic mass is 32.2. The largest absolute Gasteiger partial charge is 0.480 e. The van der Waals surface area contributed by atoms with Crippen LogP contribution in [0.1, 0.15) is 119 Å². The van der Waals surface area contributed by atoms with Crippen LogP contribution in [0, 0.1) is 23.7 Å². The van der Waals surface area contributed by atoms with Gasteiger partial charge in [0.05, 0.1) is 18.9 Å². The molecule has 0 saturated heterocycles. The van der Waals surface area contributed by atoms with Gasteiger partial charge in [0.1, 0.15) is 60.4 Å². The molecule has 0 aliphatic rings. The normalized spacial score (nSPS) is 15.4. The van der Waals surface area contributed by atoms with Gasteiger partial charge in [0.2, 0.25) is 59.1 Å². The molecule has 0 saturated carbocycles. The van der Waals surface area contributed by atoms with E-state index >= 15 is 0 Å². The molecule has 10 amide bonds. The number of primary amides is 1. The molecule has 0 radical (unpaired) electrons. The first-order chi connectivity index (χ1) is 40.9. The first-order valence-electron chi connectivity index (χ1n) is 29.1. The highest BCUT2D eigenvalue weighted by molar-refractivity contribution is 7.98. The van der Waals surface area contributed by atoms with Crippen molar-refractivity contribution in [2.45, 2.75) is 187 Å². The number of aliphatic hydroxyl groups is 1. The van der Waals surface area contributed by atoms with Crippen molar-refractivity contribution >= 4 is 82.8 Å². The van der Waals surface area contributed by atoms with Crippen molar-refractivity contribution < 1.29 is 63.0 Å². The van der Waals surface area contributed by atoms with Gasteiger partial charge in [-0.2, -0.15) is 11.8 Å². The number of aliphatic hydroxyl groups excluding tert-OH is 1. The van der Waals surface area contributed by atoms with E-state index in [2.05, 4.69) is 62.8 Å². The topological polar surface area (TPSA) is 482 Å². The number of hydrogen-bond acceptors (Lipinski definition) is 16. The summed E-state index contributed by atoms with van der Waals surface area (Å²) in [6.07, 6.45) is 2.91. The number of aliphatic imine (C=N–C) groups is 1. The second-order valence-electron chi connectivity index (χ2n) is 22.8. The molecule has 20 N–H and O–H groups in total. The molecule has 0 spiro atoms. The number of carbonyl (C=O) groups excluding carboxylic acids is 10. The molecular formula is C57H94N16O13S. The van der Waals surface area contributed by atoms with E-state index in [1.54, 1.807) is 78.1 Å². The maximum Gasteiger partial charge on any atom is 0.326 e. The van der Waals surface area contributed by atoms with E-state index in [9.17, 15) is 63.0 Å². The molecule has 0 aliphatic carbocycles. The number of H-pyrrole nitrogens is 1. The monoisotopic (exact) mass is 1240 g/mol. The minimum Gasteiger partial charge on any atom is -0.480 e. The number of hydrogen-bond donors (Lipinski definition) is 16. The summed E-state index contributed by atoms with van der Waals surface area (Å²) in [7, 11) is 0. The van der Waals surface area contributed by atoms with Crippen LogP contribution in [0.5, 0.6) is 0 Å². The Balaban J connectivity index is 2.46. The zero-order valence-electron chi connectivity index (χ0n) is 51.5. The number of nitrogens with zero attached hydrogens (tertiary/aromatic N) is 2. The number of imidazole rings is 1. The van der Waals surface area contributed by atoms with Gasteiger partial charge in [-0.05, 0) is 80.3 Å². The van der Waals surface area contributed by atoms with Crippen molar-refractivity contribution in [2.24, 2.45) is 51.6 Å². The fraction of sp³-hybridized carbons (Fsp3) is 0.632. The molecule has 29 nitrogen and oxygen atoms in total. The predicted molar refractivity (Wildman–Crippen MR) is 327 cm³/mol. The number of aliphatic carboxylic acids is 1. The molecule has 1 aromatic carbocycles. The van der Waals surface area contributed by atoms with Crippen molar-refractivity contribution in [3.63, 3.8) is 0 Å². The van der Waals surface area contributed by atoms with Gasteiger partial charge in [0.25, 0.3) is 0 Å². The number of aromatic amines is 1. The zero-order valence-corrected chi connectivity index (χ0v) is 52.3. The second kappa shape index (κ2) is 38.3. The summed E-state index contributed by atoms with van der Waals surface area (Å²) in [5, 5.41) is 43.4. The molecule has 1 heterocycles. The Labute approximate surface area is 512 Å². The first-order valence-corrected chi connectivity index (χ1v) is 30.5. The van der Waals surface area contributed by atoms with Crippen LogP contribution in [0.2, 0.25) is 0 Å². The minimum absolute atomic E-state index is 0.0156. The summed E-state index contributed by atoms with van der Waals surface area (Å²) in [6.45, 7) is 15.1. The number of carboxylic acids is 1. The Morgan fingerprint density at radius 3 is 1.56 bits per heavy atom. The quantitative estimate of drug-likeness (QED) is 0.0192. The number of thioether (sulfide) groups is 1. The number of benzene rings is 1. The maximum absolute atomic E-state index is 14.5. The van der Waals surface area contributed by atoms with Crippen LogP contribution in [-0.4, -0.2) is 176 Å². The van der Waals surface area contributed by atoms with Crippen molar-refractivity contribution in [3.8, 4) is 0 Å². The van der Waals surface area contributed by atoms with Gasteiger partial charge in [-0.3, -0.25) is 52.9 Å². The number of nitrogens with two attached hydrogens (primary N) is 4. The molecule has 0 bridgehead atoms. The average Bonchev–Trinajstić information content (AvgIpc) is 4.17. The molecule has 0 fully saturated rings. The van der Waals surface area contributed by atoms with Gasteiger partial charge in [0.15, 0.2) is 5.96 Å². The highest BCUT2D eigenvalue weighted by Gasteiger charge is 2.38. The van der Waals surface area contributed by atoms with Crippen molar-refractivity contribution in [1.82, 2.24) is 57.8 Å². The van der Waals surface area contributed by atoms with Crippen LogP contribution in [0.15, 0.2) is 47.8 Å². The smallest absolute Gasteiger partial charge is 0.326 e. The lowest BCUT2D eigenvalue weighted by atomic mass is 9.95. The number of guanidine groups is 1. The van der Waals surface area contributed by atoms with Gasteiger partial charge in [-0.25, -0.2) is 9.78 Å². The summed E-state index contributed by atoms with van der Waals surface area (Å²) in [5.74, 6) is -11.5. The summed E-state index contributed by atoms with van der Waals surface area (Å²) >= 11 is 1.40. The number of carboxylic acid groups (broad SMARTS) is 1. The first kappa shape index (κ1) is 75.2. The van der Waals surface area contributed by atoms with Crippen LogP contribution in [0.25, 0.3) is 0 Å². The number of rotatable bonds is 40. The Morgan fingerprint density at radius 1 is 0.598 bits per heavy atom. The van der Waals surface area contributed by atoms with Crippen LogP contribution < -0.4 is 70.8 Å². The fourth-order valence-corrected chi connectivity index (χ4v) is 9.28.